The molecule has 0 saturated heterocycles. The largest absolute Gasteiger partial charge is 0.362 e. The van der Waals surface area contributed by atoms with Crippen LogP contribution in [0.3, 0.4) is 0 Å². The highest BCUT2D eigenvalue weighted by Crippen LogP contribution is 2.12. The third kappa shape index (κ3) is 18.1. The summed E-state index contributed by atoms with van der Waals surface area (Å²) in [6.45, 7) is 9.19. The van der Waals surface area contributed by atoms with Gasteiger partial charge in [0.1, 0.15) is 0 Å². The first kappa shape index (κ1) is 30.7. The molecule has 0 N–H and O–H groups in total. The Morgan fingerprint density at radius 1 is 0.412 bits per heavy atom. The summed E-state index contributed by atoms with van der Waals surface area (Å²) >= 11 is 0. The number of nitrogens with zero attached hydrogens (tertiary/aromatic N) is 4. The third-order valence-corrected chi connectivity index (χ3v) is 6.97. The van der Waals surface area contributed by atoms with E-state index in [4.69, 9.17) is 0 Å². The van der Waals surface area contributed by atoms with Crippen LogP contribution in [-0.4, -0.2) is 60.1 Å². The van der Waals surface area contributed by atoms with E-state index < -0.39 is 0 Å². The quantitative estimate of drug-likeness (QED) is 0.164. The van der Waals surface area contributed by atoms with Gasteiger partial charge < -0.3 is 19.6 Å². The van der Waals surface area contributed by atoms with Crippen molar-refractivity contribution in [3.63, 3.8) is 0 Å². The fourth-order valence-corrected chi connectivity index (χ4v) is 4.72. The molecule has 0 aromatic carbocycles. The Bertz CT molecular complexity index is 490. The van der Waals surface area contributed by atoms with Crippen molar-refractivity contribution in [2.45, 2.75) is 129 Å². The lowest BCUT2D eigenvalue weighted by molar-refractivity contribution is 0.290. The molecule has 0 radical (unpaired) electrons. The van der Waals surface area contributed by atoms with Crippen LogP contribution < -0.4 is 0 Å². The van der Waals surface area contributed by atoms with E-state index in [1.54, 1.807) is 0 Å². The molecule has 0 aromatic rings. The van der Waals surface area contributed by atoms with Gasteiger partial charge in [0.15, 0.2) is 0 Å². The van der Waals surface area contributed by atoms with Gasteiger partial charge in [-0.1, -0.05) is 117 Å². The van der Waals surface area contributed by atoms with Crippen molar-refractivity contribution in [1.82, 2.24) is 19.6 Å². The van der Waals surface area contributed by atoms with Crippen LogP contribution in [0.1, 0.15) is 129 Å². The lowest BCUT2D eigenvalue weighted by Gasteiger charge is -2.17. The topological polar surface area (TPSA) is 13.0 Å². The standard InChI is InChI=1S/C16H32N2.C14H28N2/c1-3-4-5-6-7-8-9-10-11-12-13-18-15-14-17(2)16-18;1-3-4-5-6-7-8-9-10-11-16-13-12-15(2)14-16/h14-15H,3-13,16H2,1-2H3;12-13H,3-11,14H2,1-2H3. The predicted molar refractivity (Wildman–Crippen MR) is 151 cm³/mol. The van der Waals surface area contributed by atoms with Gasteiger partial charge in [0.05, 0.1) is 13.3 Å². The van der Waals surface area contributed by atoms with Gasteiger partial charge in [0, 0.05) is 52.0 Å². The van der Waals surface area contributed by atoms with Gasteiger partial charge >= 0.3 is 0 Å². The van der Waals surface area contributed by atoms with Crippen LogP contribution in [-0.2, 0) is 0 Å². The van der Waals surface area contributed by atoms with Crippen molar-refractivity contribution in [2.75, 3.05) is 40.5 Å². The van der Waals surface area contributed by atoms with Crippen LogP contribution in [0.4, 0.5) is 0 Å². The van der Waals surface area contributed by atoms with E-state index in [0.29, 0.717) is 0 Å². The van der Waals surface area contributed by atoms with Gasteiger partial charge in [-0.05, 0) is 12.8 Å². The first-order valence-corrected chi connectivity index (χ1v) is 14.9. The lowest BCUT2D eigenvalue weighted by atomic mass is 10.1. The fraction of sp³-hybridized carbons (Fsp3) is 0.867. The molecule has 0 spiro atoms. The van der Waals surface area contributed by atoms with Crippen molar-refractivity contribution in [1.29, 1.82) is 0 Å². The average Bonchev–Trinajstić information content (AvgIpc) is 3.44. The summed E-state index contributed by atoms with van der Waals surface area (Å²) in [5.74, 6) is 0. The van der Waals surface area contributed by atoms with E-state index >= 15 is 0 Å². The zero-order chi connectivity index (χ0) is 24.7. The molecule has 0 unspecified atom stereocenters. The van der Waals surface area contributed by atoms with E-state index in [1.807, 2.05) is 0 Å². The molecule has 34 heavy (non-hydrogen) atoms. The van der Waals surface area contributed by atoms with E-state index in [-0.39, 0.29) is 0 Å². The van der Waals surface area contributed by atoms with Gasteiger partial charge in [-0.3, -0.25) is 0 Å². The van der Waals surface area contributed by atoms with Crippen LogP contribution in [0.2, 0.25) is 0 Å². The maximum Gasteiger partial charge on any atom is 0.0890 e. The summed E-state index contributed by atoms with van der Waals surface area (Å²) in [7, 11) is 4.26. The highest BCUT2D eigenvalue weighted by Gasteiger charge is 2.07. The van der Waals surface area contributed by atoms with E-state index in [2.05, 4.69) is 72.3 Å². The van der Waals surface area contributed by atoms with Crippen LogP contribution in [0, 0.1) is 0 Å². The van der Waals surface area contributed by atoms with Crippen LogP contribution in [0.5, 0.6) is 0 Å². The molecule has 0 fully saturated rings. The second kappa shape index (κ2) is 22.2. The highest BCUT2D eigenvalue weighted by atomic mass is 15.3. The smallest absolute Gasteiger partial charge is 0.0890 e. The molecular weight excluding hydrogens is 416 g/mol. The summed E-state index contributed by atoms with van der Waals surface area (Å²) in [4.78, 5) is 9.27. The summed E-state index contributed by atoms with van der Waals surface area (Å²) in [5, 5.41) is 0. The molecule has 4 heteroatoms. The van der Waals surface area contributed by atoms with E-state index in [1.165, 1.54) is 129 Å². The number of hydrogen-bond acceptors (Lipinski definition) is 4. The first-order chi connectivity index (χ1) is 16.7. The molecule has 2 rings (SSSR count). The van der Waals surface area contributed by atoms with Gasteiger partial charge in [-0.2, -0.15) is 0 Å². The molecule has 0 amide bonds. The normalized spacial score (nSPS) is 14.9. The van der Waals surface area contributed by atoms with E-state index in [0.717, 1.165) is 13.3 Å². The maximum absolute atomic E-state index is 2.41. The number of hydrogen-bond donors (Lipinski definition) is 0. The lowest BCUT2D eigenvalue weighted by Crippen LogP contribution is -2.23. The SMILES string of the molecule is CCCCCCCCCCCCN1C=CN(C)C1.CCCCCCCCCCN1C=CN(C)C1. The van der Waals surface area contributed by atoms with Crippen LogP contribution >= 0.6 is 0 Å². The molecule has 2 aliphatic heterocycles. The average molecular weight is 477 g/mol. The summed E-state index contributed by atoms with van der Waals surface area (Å²) in [5.41, 5.74) is 0. The molecule has 0 aromatic heterocycles. The zero-order valence-corrected chi connectivity index (χ0v) is 23.7. The molecule has 0 saturated carbocycles. The molecule has 2 heterocycles. The predicted octanol–water partition coefficient (Wildman–Crippen LogP) is 8.39. The van der Waals surface area contributed by atoms with Gasteiger partial charge in [0.25, 0.3) is 0 Å². The van der Waals surface area contributed by atoms with Crippen molar-refractivity contribution in [3.8, 4) is 0 Å². The maximum atomic E-state index is 2.41. The molecule has 200 valence electrons. The van der Waals surface area contributed by atoms with Crippen LogP contribution in [0.25, 0.3) is 0 Å². The van der Waals surface area contributed by atoms with Crippen molar-refractivity contribution in [3.05, 3.63) is 24.8 Å². The molecule has 0 atom stereocenters. The third-order valence-electron chi connectivity index (χ3n) is 6.97. The Morgan fingerprint density at radius 2 is 0.706 bits per heavy atom. The van der Waals surface area contributed by atoms with Crippen LogP contribution in [0.15, 0.2) is 24.8 Å². The summed E-state index contributed by atoms with van der Waals surface area (Å²) in [6, 6.07) is 0. The van der Waals surface area contributed by atoms with Crippen molar-refractivity contribution in [2.24, 2.45) is 0 Å². The summed E-state index contributed by atoms with van der Waals surface area (Å²) < 4.78 is 0. The number of rotatable bonds is 20. The Labute approximate surface area is 214 Å². The Balaban J connectivity index is 0.000000342. The van der Waals surface area contributed by atoms with Gasteiger partial charge in [0.2, 0.25) is 0 Å². The monoisotopic (exact) mass is 476 g/mol. The molecular formula is C30H60N4. The molecule has 0 bridgehead atoms. The van der Waals surface area contributed by atoms with Gasteiger partial charge in [-0.25, -0.2) is 0 Å². The first-order valence-electron chi connectivity index (χ1n) is 14.9. The van der Waals surface area contributed by atoms with Crippen molar-refractivity contribution < 1.29 is 0 Å². The Morgan fingerprint density at radius 3 is 0.971 bits per heavy atom. The Kier molecular flexibility index (Phi) is 20.0. The highest BCUT2D eigenvalue weighted by molar-refractivity contribution is 4.89. The minimum absolute atomic E-state index is 1.08. The molecule has 2 aliphatic rings. The minimum Gasteiger partial charge on any atom is -0.362 e. The van der Waals surface area contributed by atoms with E-state index in [9.17, 15) is 0 Å². The second-order valence-electron chi connectivity index (χ2n) is 10.7. The fourth-order valence-electron chi connectivity index (χ4n) is 4.72. The zero-order valence-electron chi connectivity index (χ0n) is 23.7. The number of unbranched alkanes of at least 4 members (excludes halogenated alkanes) is 16. The molecule has 4 nitrogen and oxygen atoms in total. The summed E-state index contributed by atoms with van der Waals surface area (Å²) in [6.07, 6.45) is 34.3. The minimum atomic E-state index is 1.08. The molecule has 0 aliphatic carbocycles. The van der Waals surface area contributed by atoms with Crippen molar-refractivity contribution >= 4 is 0 Å². The second-order valence-corrected chi connectivity index (χ2v) is 10.7. The van der Waals surface area contributed by atoms with Gasteiger partial charge in [-0.15, -0.1) is 0 Å². The Hall–Kier alpha value is -1.32.